The zero-order valence-corrected chi connectivity index (χ0v) is 34.8. The summed E-state index contributed by atoms with van der Waals surface area (Å²) in [7, 11) is 0. The van der Waals surface area contributed by atoms with Crippen LogP contribution < -0.4 is 0 Å². The highest BCUT2D eigenvalue weighted by molar-refractivity contribution is 5.69. The standard InChI is InChI=1S/C45H89NO5.CH4/c1-5-8-11-14-21-27-34-43(35-28-22-15-12-9-6-2)51-45(49)37-30-23-18-24-31-38-46(39-40-47)42(4)33-26-20-16-17-25-32-41-50-44(48)36-29-19-13-10-7-3;/h42-43,47H,5-41H2,1-4H3;1H4. The number of aliphatic hydroxyl groups excluding tert-OH is 1. The van der Waals surface area contributed by atoms with Gasteiger partial charge in [0.05, 0.1) is 13.2 Å². The Balaban J connectivity index is 0. The van der Waals surface area contributed by atoms with Gasteiger partial charge in [-0.15, -0.1) is 0 Å². The van der Waals surface area contributed by atoms with Crippen LogP contribution in [0.2, 0.25) is 0 Å². The van der Waals surface area contributed by atoms with Crippen LogP contribution in [0.25, 0.3) is 0 Å². The van der Waals surface area contributed by atoms with Gasteiger partial charge in [-0.25, -0.2) is 0 Å². The third kappa shape index (κ3) is 37.2. The Hall–Kier alpha value is -1.14. The van der Waals surface area contributed by atoms with E-state index < -0.39 is 0 Å². The second-order valence-corrected chi connectivity index (χ2v) is 15.6. The lowest BCUT2D eigenvalue weighted by atomic mass is 10.0. The van der Waals surface area contributed by atoms with E-state index in [2.05, 4.69) is 32.6 Å². The van der Waals surface area contributed by atoms with E-state index in [0.717, 1.165) is 77.3 Å². The van der Waals surface area contributed by atoms with E-state index in [1.807, 2.05) is 0 Å². The van der Waals surface area contributed by atoms with E-state index >= 15 is 0 Å². The van der Waals surface area contributed by atoms with Crippen molar-refractivity contribution in [3.8, 4) is 0 Å². The summed E-state index contributed by atoms with van der Waals surface area (Å²) in [5.41, 5.74) is 0. The molecule has 0 spiro atoms. The third-order valence-electron chi connectivity index (χ3n) is 10.7. The van der Waals surface area contributed by atoms with Crippen LogP contribution in [0.4, 0.5) is 0 Å². The Labute approximate surface area is 325 Å². The van der Waals surface area contributed by atoms with E-state index in [0.29, 0.717) is 25.5 Å². The van der Waals surface area contributed by atoms with Crippen LogP contribution in [0.3, 0.4) is 0 Å². The molecular weight excluding hydrogens is 647 g/mol. The van der Waals surface area contributed by atoms with Gasteiger partial charge in [0.1, 0.15) is 6.10 Å². The predicted octanol–water partition coefficient (Wildman–Crippen LogP) is 13.7. The fraction of sp³-hybridized carbons (Fsp3) is 0.957. The number of ether oxygens (including phenoxy) is 2. The van der Waals surface area contributed by atoms with Crippen molar-refractivity contribution in [1.29, 1.82) is 0 Å². The third-order valence-corrected chi connectivity index (χ3v) is 10.7. The van der Waals surface area contributed by atoms with Crippen LogP contribution >= 0.6 is 0 Å². The molecule has 1 N–H and O–H groups in total. The van der Waals surface area contributed by atoms with E-state index in [1.54, 1.807) is 0 Å². The average Bonchev–Trinajstić information content (AvgIpc) is 3.12. The number of esters is 2. The van der Waals surface area contributed by atoms with Crippen LogP contribution in [0.5, 0.6) is 0 Å². The Morgan fingerprint density at radius 3 is 1.40 bits per heavy atom. The monoisotopic (exact) mass is 740 g/mol. The van der Waals surface area contributed by atoms with Crippen LogP contribution in [-0.2, 0) is 19.1 Å². The molecule has 0 bridgehead atoms. The fourth-order valence-corrected chi connectivity index (χ4v) is 7.17. The van der Waals surface area contributed by atoms with Crippen molar-refractivity contribution >= 4 is 11.9 Å². The van der Waals surface area contributed by atoms with E-state index in [9.17, 15) is 14.7 Å². The molecule has 1 unspecified atom stereocenters. The molecule has 0 aliphatic carbocycles. The Morgan fingerprint density at radius 1 is 0.500 bits per heavy atom. The fourth-order valence-electron chi connectivity index (χ4n) is 7.17. The van der Waals surface area contributed by atoms with Gasteiger partial charge < -0.3 is 14.6 Å². The highest BCUT2D eigenvalue weighted by Gasteiger charge is 2.15. The SMILES string of the molecule is C.CCCCCCCCC(CCCCCCCC)OC(=O)CCCCCCCN(CCO)C(C)CCCCCCCCOC(=O)CCCCCCC. The normalized spacial score (nSPS) is 12.0. The average molecular weight is 740 g/mol. The summed E-state index contributed by atoms with van der Waals surface area (Å²) in [4.78, 5) is 27.0. The summed E-state index contributed by atoms with van der Waals surface area (Å²) in [5, 5.41) is 9.66. The number of hydrogen-bond acceptors (Lipinski definition) is 6. The Kier molecular flexibility index (Phi) is 43.4. The minimum Gasteiger partial charge on any atom is -0.466 e. The number of unbranched alkanes of at least 4 members (excludes halogenated alkanes) is 23. The molecule has 52 heavy (non-hydrogen) atoms. The number of hydrogen-bond donors (Lipinski definition) is 1. The lowest BCUT2D eigenvalue weighted by molar-refractivity contribution is -0.150. The van der Waals surface area contributed by atoms with Crippen LogP contribution in [-0.4, -0.2) is 60.4 Å². The largest absolute Gasteiger partial charge is 0.466 e. The van der Waals surface area contributed by atoms with Gasteiger partial charge in [-0.2, -0.15) is 0 Å². The molecular formula is C46H93NO5. The number of aliphatic hydroxyl groups is 1. The van der Waals surface area contributed by atoms with Gasteiger partial charge in [0.15, 0.2) is 0 Å². The van der Waals surface area contributed by atoms with Crippen LogP contribution in [0.1, 0.15) is 247 Å². The lowest BCUT2D eigenvalue weighted by Gasteiger charge is -2.28. The Morgan fingerprint density at radius 2 is 0.904 bits per heavy atom. The molecule has 0 radical (unpaired) electrons. The molecule has 1 atom stereocenters. The predicted molar refractivity (Wildman–Crippen MR) is 225 cm³/mol. The van der Waals surface area contributed by atoms with Crippen molar-refractivity contribution < 1.29 is 24.2 Å². The molecule has 0 rings (SSSR count). The number of nitrogens with zero attached hydrogens (tertiary/aromatic N) is 1. The van der Waals surface area contributed by atoms with Crippen molar-refractivity contribution in [2.45, 2.75) is 259 Å². The second kappa shape index (κ2) is 42.6. The van der Waals surface area contributed by atoms with Gasteiger partial charge in [0.25, 0.3) is 0 Å². The molecule has 0 aromatic carbocycles. The molecule has 0 amide bonds. The van der Waals surface area contributed by atoms with Gasteiger partial charge >= 0.3 is 11.9 Å². The first-order chi connectivity index (χ1) is 25.0. The first-order valence-corrected chi connectivity index (χ1v) is 22.7. The number of rotatable bonds is 41. The summed E-state index contributed by atoms with van der Waals surface area (Å²) in [6, 6.07) is 0.494. The summed E-state index contributed by atoms with van der Waals surface area (Å²) >= 11 is 0. The van der Waals surface area contributed by atoms with Gasteiger partial charge in [-0.1, -0.05) is 169 Å². The summed E-state index contributed by atoms with van der Waals surface area (Å²) in [6.45, 7) is 11.6. The zero-order chi connectivity index (χ0) is 37.5. The van der Waals surface area contributed by atoms with Crippen LogP contribution in [0.15, 0.2) is 0 Å². The van der Waals surface area contributed by atoms with Crippen molar-refractivity contribution in [3.05, 3.63) is 0 Å². The molecule has 0 aliphatic rings. The maximum atomic E-state index is 12.7. The van der Waals surface area contributed by atoms with Crippen molar-refractivity contribution in [3.63, 3.8) is 0 Å². The molecule has 0 saturated carbocycles. The number of carbonyl (C=O) groups excluding carboxylic acids is 2. The molecule has 0 heterocycles. The van der Waals surface area contributed by atoms with Crippen molar-refractivity contribution in [2.24, 2.45) is 0 Å². The summed E-state index contributed by atoms with van der Waals surface area (Å²) in [5.74, 6) is -0.00446. The molecule has 0 aromatic heterocycles. The minimum absolute atomic E-state index is 0. The molecule has 0 fully saturated rings. The first kappa shape index (κ1) is 53.0. The smallest absolute Gasteiger partial charge is 0.306 e. The molecule has 6 nitrogen and oxygen atoms in total. The highest BCUT2D eigenvalue weighted by atomic mass is 16.5. The van der Waals surface area contributed by atoms with Gasteiger partial charge in [-0.05, 0) is 71.3 Å². The maximum absolute atomic E-state index is 12.7. The Bertz CT molecular complexity index is 716. The highest BCUT2D eigenvalue weighted by Crippen LogP contribution is 2.19. The zero-order valence-electron chi connectivity index (χ0n) is 34.8. The first-order valence-electron chi connectivity index (χ1n) is 22.7. The van der Waals surface area contributed by atoms with E-state index in [4.69, 9.17) is 9.47 Å². The minimum atomic E-state index is -0.0223. The molecule has 312 valence electrons. The van der Waals surface area contributed by atoms with Crippen molar-refractivity contribution in [2.75, 3.05) is 26.3 Å². The molecule has 0 aromatic rings. The quantitative estimate of drug-likeness (QED) is 0.0497. The molecule has 0 aliphatic heterocycles. The molecule has 6 heteroatoms. The second-order valence-electron chi connectivity index (χ2n) is 15.6. The maximum Gasteiger partial charge on any atom is 0.306 e. The van der Waals surface area contributed by atoms with Gasteiger partial charge in [0, 0.05) is 25.4 Å². The molecule has 0 saturated heterocycles. The topological polar surface area (TPSA) is 76.1 Å². The summed E-state index contributed by atoms with van der Waals surface area (Å²) < 4.78 is 11.4. The van der Waals surface area contributed by atoms with E-state index in [-0.39, 0.29) is 32.1 Å². The van der Waals surface area contributed by atoms with E-state index in [1.165, 1.54) is 135 Å². The van der Waals surface area contributed by atoms with Gasteiger partial charge in [0.2, 0.25) is 0 Å². The summed E-state index contributed by atoms with van der Waals surface area (Å²) in [6.07, 6.45) is 38.3. The van der Waals surface area contributed by atoms with Crippen LogP contribution in [0, 0.1) is 0 Å². The lowest BCUT2D eigenvalue weighted by Crippen LogP contribution is -2.36. The van der Waals surface area contributed by atoms with Crippen molar-refractivity contribution in [1.82, 2.24) is 4.90 Å². The van der Waals surface area contributed by atoms with Gasteiger partial charge in [-0.3, -0.25) is 14.5 Å². The number of carbonyl (C=O) groups is 2.